The fourth-order valence-electron chi connectivity index (χ4n) is 1.45. The molecular formula is C10H14BrFN2O2S. The number of nitrogen functional groups attached to an aromatic ring is 1. The van der Waals surface area contributed by atoms with Gasteiger partial charge in [0.25, 0.3) is 0 Å². The molecular weight excluding hydrogens is 311 g/mol. The van der Waals surface area contributed by atoms with E-state index < -0.39 is 15.7 Å². The first-order valence-corrected chi connectivity index (χ1v) is 7.73. The van der Waals surface area contributed by atoms with Crippen molar-refractivity contribution < 1.29 is 12.8 Å². The van der Waals surface area contributed by atoms with Gasteiger partial charge in [-0.15, -0.1) is 0 Å². The first-order valence-electron chi connectivity index (χ1n) is 4.88. The Bertz CT molecular complexity index is 519. The number of benzene rings is 1. The van der Waals surface area contributed by atoms with Crippen LogP contribution in [-0.4, -0.2) is 26.5 Å². The fourth-order valence-corrected chi connectivity index (χ4v) is 2.80. The predicted molar refractivity (Wildman–Crippen MR) is 71.3 cm³/mol. The van der Waals surface area contributed by atoms with Gasteiger partial charge < -0.3 is 11.1 Å². The van der Waals surface area contributed by atoms with Gasteiger partial charge in [-0.2, -0.15) is 0 Å². The summed E-state index contributed by atoms with van der Waals surface area (Å²) in [7, 11) is -3.08. The number of nitrogens with two attached hydrogens (primary N) is 1. The van der Waals surface area contributed by atoms with Crippen molar-refractivity contribution in [3.05, 3.63) is 22.4 Å². The Morgan fingerprint density at radius 2 is 2.12 bits per heavy atom. The lowest BCUT2D eigenvalue weighted by molar-refractivity contribution is 0.598. The Kier molecular flexibility index (Phi) is 4.37. The van der Waals surface area contributed by atoms with E-state index in [0.717, 1.165) is 6.26 Å². The highest BCUT2D eigenvalue weighted by Gasteiger charge is 2.13. The van der Waals surface area contributed by atoms with Crippen molar-refractivity contribution in [1.29, 1.82) is 0 Å². The van der Waals surface area contributed by atoms with Crippen LogP contribution in [0.3, 0.4) is 0 Å². The zero-order chi connectivity index (χ0) is 13.2. The van der Waals surface area contributed by atoms with Crippen LogP contribution in [-0.2, 0) is 9.84 Å². The maximum atomic E-state index is 13.3. The van der Waals surface area contributed by atoms with E-state index in [1.54, 1.807) is 6.92 Å². The molecule has 0 saturated heterocycles. The molecule has 0 aliphatic carbocycles. The van der Waals surface area contributed by atoms with Crippen LogP contribution in [0.15, 0.2) is 16.6 Å². The summed E-state index contributed by atoms with van der Waals surface area (Å²) >= 11 is 3.02. The highest BCUT2D eigenvalue weighted by atomic mass is 79.9. The lowest BCUT2D eigenvalue weighted by Crippen LogP contribution is -2.25. The largest absolute Gasteiger partial charge is 0.397 e. The van der Waals surface area contributed by atoms with E-state index in [1.807, 2.05) is 0 Å². The minimum atomic E-state index is -3.08. The molecule has 1 atom stereocenters. The van der Waals surface area contributed by atoms with Crippen molar-refractivity contribution in [2.45, 2.75) is 13.0 Å². The van der Waals surface area contributed by atoms with Gasteiger partial charge in [-0.25, -0.2) is 12.8 Å². The summed E-state index contributed by atoms with van der Waals surface area (Å²) in [5.41, 5.74) is 6.44. The summed E-state index contributed by atoms with van der Waals surface area (Å²) in [6.45, 7) is 1.69. The van der Waals surface area contributed by atoms with Crippen LogP contribution >= 0.6 is 15.9 Å². The molecule has 1 aromatic carbocycles. The first-order chi connectivity index (χ1) is 7.69. The minimum Gasteiger partial charge on any atom is -0.397 e. The number of anilines is 2. The fraction of sp³-hybridized carbons (Fsp3) is 0.400. The van der Waals surface area contributed by atoms with Crippen LogP contribution in [0, 0.1) is 5.82 Å². The van der Waals surface area contributed by atoms with Crippen molar-refractivity contribution in [2.75, 3.05) is 23.1 Å². The molecule has 0 heterocycles. The standard InChI is InChI=1S/C10H14BrFN2O2S/c1-6(5-17(2,15)16)14-10-4-8(12)7(11)3-9(10)13/h3-4,6,14H,5,13H2,1-2H3. The molecule has 0 fully saturated rings. The average molecular weight is 325 g/mol. The topological polar surface area (TPSA) is 72.2 Å². The molecule has 0 aliphatic heterocycles. The first kappa shape index (κ1) is 14.2. The maximum absolute atomic E-state index is 13.3. The van der Waals surface area contributed by atoms with Gasteiger partial charge >= 0.3 is 0 Å². The SMILES string of the molecule is CC(CS(C)(=O)=O)Nc1cc(F)c(Br)cc1N. The van der Waals surface area contributed by atoms with Crippen molar-refractivity contribution in [3.63, 3.8) is 0 Å². The third kappa shape index (κ3) is 4.51. The zero-order valence-corrected chi connectivity index (χ0v) is 11.9. The second kappa shape index (κ2) is 5.22. The van der Waals surface area contributed by atoms with Gasteiger partial charge in [-0.05, 0) is 28.9 Å². The summed E-state index contributed by atoms with van der Waals surface area (Å²) in [6, 6.07) is 2.33. The van der Waals surface area contributed by atoms with Gasteiger partial charge in [0.1, 0.15) is 15.7 Å². The molecule has 96 valence electrons. The average Bonchev–Trinajstić information content (AvgIpc) is 2.11. The second-order valence-corrected chi connectivity index (χ2v) is 7.03. The van der Waals surface area contributed by atoms with Gasteiger partial charge in [0.05, 0.1) is 21.6 Å². The summed E-state index contributed by atoms with van der Waals surface area (Å²) in [4.78, 5) is 0. The Morgan fingerprint density at radius 3 is 2.65 bits per heavy atom. The maximum Gasteiger partial charge on any atom is 0.149 e. The number of halogens is 2. The minimum absolute atomic E-state index is 0.0376. The van der Waals surface area contributed by atoms with Crippen molar-refractivity contribution in [1.82, 2.24) is 0 Å². The number of hydrogen-bond donors (Lipinski definition) is 2. The van der Waals surface area contributed by atoms with E-state index in [9.17, 15) is 12.8 Å². The summed E-state index contributed by atoms with van der Waals surface area (Å²) < 4.78 is 35.7. The van der Waals surface area contributed by atoms with Crippen LogP contribution in [0.4, 0.5) is 15.8 Å². The molecule has 1 unspecified atom stereocenters. The Morgan fingerprint density at radius 1 is 1.53 bits per heavy atom. The van der Waals surface area contributed by atoms with Gasteiger partial charge in [-0.3, -0.25) is 0 Å². The quantitative estimate of drug-likeness (QED) is 0.831. The Balaban J connectivity index is 2.85. The van der Waals surface area contributed by atoms with Gasteiger partial charge in [0.15, 0.2) is 0 Å². The van der Waals surface area contributed by atoms with Crippen LogP contribution < -0.4 is 11.1 Å². The summed E-state index contributed by atoms with van der Waals surface area (Å²) in [5, 5.41) is 2.87. The predicted octanol–water partition coefficient (Wildman–Crippen LogP) is 2.02. The second-order valence-electron chi connectivity index (χ2n) is 3.99. The van der Waals surface area contributed by atoms with E-state index in [4.69, 9.17) is 5.73 Å². The van der Waals surface area contributed by atoms with Crippen LogP contribution in [0.5, 0.6) is 0 Å². The number of sulfone groups is 1. The molecule has 0 spiro atoms. The number of rotatable bonds is 4. The lowest BCUT2D eigenvalue weighted by atomic mass is 10.2. The van der Waals surface area contributed by atoms with E-state index in [-0.39, 0.29) is 16.3 Å². The summed E-state index contributed by atoms with van der Waals surface area (Å²) in [5.74, 6) is -0.488. The molecule has 7 heteroatoms. The summed E-state index contributed by atoms with van der Waals surface area (Å²) in [6.07, 6.45) is 1.15. The molecule has 4 nitrogen and oxygen atoms in total. The monoisotopic (exact) mass is 324 g/mol. The van der Waals surface area contributed by atoms with Gasteiger partial charge in [0.2, 0.25) is 0 Å². The number of hydrogen-bond acceptors (Lipinski definition) is 4. The molecule has 0 bridgehead atoms. The molecule has 3 N–H and O–H groups in total. The molecule has 17 heavy (non-hydrogen) atoms. The van der Waals surface area contributed by atoms with E-state index in [1.165, 1.54) is 12.1 Å². The zero-order valence-electron chi connectivity index (χ0n) is 9.50. The van der Waals surface area contributed by atoms with Crippen molar-refractivity contribution in [3.8, 4) is 0 Å². The molecule has 0 aromatic heterocycles. The molecule has 1 rings (SSSR count). The normalized spacial score (nSPS) is 13.4. The van der Waals surface area contributed by atoms with Crippen LogP contribution in [0.25, 0.3) is 0 Å². The smallest absolute Gasteiger partial charge is 0.149 e. The van der Waals surface area contributed by atoms with Gasteiger partial charge in [-0.1, -0.05) is 0 Å². The molecule has 0 amide bonds. The lowest BCUT2D eigenvalue weighted by Gasteiger charge is -2.16. The van der Waals surface area contributed by atoms with E-state index in [2.05, 4.69) is 21.2 Å². The molecule has 0 saturated carbocycles. The number of nitrogens with one attached hydrogen (secondary N) is 1. The van der Waals surface area contributed by atoms with Crippen molar-refractivity contribution in [2.24, 2.45) is 0 Å². The van der Waals surface area contributed by atoms with Crippen molar-refractivity contribution >= 4 is 37.1 Å². The third-order valence-corrected chi connectivity index (χ3v) is 3.76. The van der Waals surface area contributed by atoms with Gasteiger partial charge in [0, 0.05) is 18.4 Å². The molecule has 0 radical (unpaired) electrons. The van der Waals surface area contributed by atoms with E-state index >= 15 is 0 Å². The van der Waals surface area contributed by atoms with Crippen LogP contribution in [0.1, 0.15) is 6.92 Å². The molecule has 1 aromatic rings. The molecule has 0 aliphatic rings. The third-order valence-electron chi connectivity index (χ3n) is 2.05. The van der Waals surface area contributed by atoms with Crippen LogP contribution in [0.2, 0.25) is 0 Å². The van der Waals surface area contributed by atoms with E-state index in [0.29, 0.717) is 11.4 Å². The Hall–Kier alpha value is -0.820. The highest BCUT2D eigenvalue weighted by Crippen LogP contribution is 2.26. The highest BCUT2D eigenvalue weighted by molar-refractivity contribution is 9.10. The Labute approximate surface area is 108 Å².